The van der Waals surface area contributed by atoms with Crippen LogP contribution in [-0.2, 0) is 10.0 Å². The number of aliphatic hydroxyl groups excluding tert-OH is 1. The quantitative estimate of drug-likeness (QED) is 0.777. The second-order valence-electron chi connectivity index (χ2n) is 4.07. The molecule has 0 spiro atoms. The van der Waals surface area contributed by atoms with Crippen LogP contribution in [0.4, 0.5) is 0 Å². The minimum absolute atomic E-state index is 0.155. The lowest BCUT2D eigenvalue weighted by Crippen LogP contribution is -2.28. The molecule has 0 bridgehead atoms. The Balaban J connectivity index is 2.68. The molecular formula is C12H18BrNO3S. The van der Waals surface area contributed by atoms with Gasteiger partial charge in [0, 0.05) is 24.7 Å². The lowest BCUT2D eigenvalue weighted by Gasteiger charge is -2.17. The zero-order valence-corrected chi connectivity index (χ0v) is 12.7. The molecule has 0 amide bonds. The van der Waals surface area contributed by atoms with Crippen LogP contribution in [0, 0.1) is 0 Å². The molecule has 0 saturated carbocycles. The van der Waals surface area contributed by atoms with Crippen molar-refractivity contribution >= 4 is 26.0 Å². The smallest absolute Gasteiger partial charge is 0.242 e. The third-order valence-electron chi connectivity index (χ3n) is 2.64. The molecule has 0 heterocycles. The van der Waals surface area contributed by atoms with Crippen molar-refractivity contribution in [3.63, 3.8) is 0 Å². The largest absolute Gasteiger partial charge is 0.396 e. The molecule has 0 aliphatic rings. The van der Waals surface area contributed by atoms with Gasteiger partial charge in [0.1, 0.15) is 0 Å². The molecule has 18 heavy (non-hydrogen) atoms. The summed E-state index contributed by atoms with van der Waals surface area (Å²) in [7, 11) is -1.83. The number of sulfonamides is 1. The summed E-state index contributed by atoms with van der Waals surface area (Å²) in [4.78, 5) is 0.293. The Morgan fingerprint density at radius 2 is 2.00 bits per heavy atom. The maximum absolute atomic E-state index is 12.2. The van der Waals surface area contributed by atoms with Gasteiger partial charge in [-0.15, -0.1) is 0 Å². The number of unbranched alkanes of at least 4 members (excludes halogenated alkanes) is 2. The molecule has 1 rings (SSSR count). The van der Waals surface area contributed by atoms with Gasteiger partial charge in [0.05, 0.1) is 4.90 Å². The summed E-state index contributed by atoms with van der Waals surface area (Å²) < 4.78 is 26.5. The first-order chi connectivity index (χ1) is 8.48. The molecule has 0 fully saturated rings. The predicted molar refractivity (Wildman–Crippen MR) is 74.9 cm³/mol. The number of hydrogen-bond donors (Lipinski definition) is 1. The lowest BCUT2D eigenvalue weighted by atomic mass is 10.2. The Morgan fingerprint density at radius 3 is 2.61 bits per heavy atom. The Hall–Kier alpha value is -0.430. The first kappa shape index (κ1) is 15.6. The van der Waals surface area contributed by atoms with Crippen LogP contribution in [0.5, 0.6) is 0 Å². The van der Waals surface area contributed by atoms with Crippen molar-refractivity contribution in [2.24, 2.45) is 0 Å². The van der Waals surface area contributed by atoms with Crippen LogP contribution in [0.15, 0.2) is 33.6 Å². The summed E-state index contributed by atoms with van der Waals surface area (Å²) in [6.45, 7) is 0.622. The third-order valence-corrected chi connectivity index (χ3v) is 4.98. The Bertz CT molecular complexity index is 476. The Labute approximate surface area is 117 Å². The normalized spacial score (nSPS) is 12.0. The van der Waals surface area contributed by atoms with Crippen LogP contribution in [0.25, 0.3) is 0 Å². The molecule has 0 atom stereocenters. The Kier molecular flexibility index (Phi) is 6.28. The van der Waals surface area contributed by atoms with Gasteiger partial charge in [-0.2, -0.15) is 0 Å². The van der Waals surface area contributed by atoms with Crippen molar-refractivity contribution in [3.05, 3.63) is 28.7 Å². The molecule has 0 aromatic heterocycles. The van der Waals surface area contributed by atoms with E-state index in [-0.39, 0.29) is 6.61 Å². The first-order valence-corrected chi connectivity index (χ1v) is 8.04. The van der Waals surface area contributed by atoms with E-state index in [0.29, 0.717) is 17.9 Å². The molecule has 0 unspecified atom stereocenters. The van der Waals surface area contributed by atoms with E-state index in [0.717, 1.165) is 17.3 Å². The zero-order valence-electron chi connectivity index (χ0n) is 10.3. The Morgan fingerprint density at radius 1 is 1.28 bits per heavy atom. The number of rotatable bonds is 7. The summed E-state index contributed by atoms with van der Waals surface area (Å²) in [6, 6.07) is 6.68. The molecule has 0 aliphatic heterocycles. The molecule has 4 nitrogen and oxygen atoms in total. The van der Waals surface area contributed by atoms with E-state index in [4.69, 9.17) is 5.11 Å². The number of benzene rings is 1. The minimum atomic E-state index is -3.41. The van der Waals surface area contributed by atoms with Gasteiger partial charge in [0.15, 0.2) is 0 Å². The second kappa shape index (κ2) is 7.23. The van der Waals surface area contributed by atoms with Crippen molar-refractivity contribution in [3.8, 4) is 0 Å². The van der Waals surface area contributed by atoms with Gasteiger partial charge < -0.3 is 5.11 Å². The van der Waals surface area contributed by atoms with E-state index in [1.807, 2.05) is 0 Å². The average Bonchev–Trinajstić information content (AvgIpc) is 2.34. The van der Waals surface area contributed by atoms with Crippen molar-refractivity contribution < 1.29 is 13.5 Å². The van der Waals surface area contributed by atoms with Gasteiger partial charge in [-0.25, -0.2) is 12.7 Å². The van der Waals surface area contributed by atoms with Crippen LogP contribution in [0.3, 0.4) is 0 Å². The summed E-state index contributed by atoms with van der Waals surface area (Å²) in [5, 5.41) is 8.66. The fourth-order valence-corrected chi connectivity index (χ4v) is 3.36. The summed E-state index contributed by atoms with van der Waals surface area (Å²) in [5.41, 5.74) is 0. The molecule has 102 valence electrons. The van der Waals surface area contributed by atoms with Gasteiger partial charge >= 0.3 is 0 Å². The highest BCUT2D eigenvalue weighted by molar-refractivity contribution is 9.10. The number of aliphatic hydroxyl groups is 1. The van der Waals surface area contributed by atoms with Gasteiger partial charge in [0.25, 0.3) is 0 Å². The summed E-state index contributed by atoms with van der Waals surface area (Å²) in [6.07, 6.45) is 2.30. The van der Waals surface area contributed by atoms with E-state index < -0.39 is 10.0 Å². The SMILES string of the molecule is CN(CCCCCO)S(=O)(=O)c1cccc(Br)c1. The number of hydrogen-bond acceptors (Lipinski definition) is 3. The topological polar surface area (TPSA) is 57.6 Å². The van der Waals surface area contributed by atoms with Crippen molar-refractivity contribution in [1.82, 2.24) is 4.31 Å². The molecule has 0 radical (unpaired) electrons. The maximum atomic E-state index is 12.2. The van der Waals surface area contributed by atoms with Crippen molar-refractivity contribution in [1.29, 1.82) is 0 Å². The fraction of sp³-hybridized carbons (Fsp3) is 0.500. The van der Waals surface area contributed by atoms with Crippen molar-refractivity contribution in [2.45, 2.75) is 24.2 Å². The van der Waals surface area contributed by atoms with E-state index >= 15 is 0 Å². The van der Waals surface area contributed by atoms with Gasteiger partial charge in [-0.3, -0.25) is 0 Å². The summed E-state index contributed by atoms with van der Waals surface area (Å²) in [5.74, 6) is 0. The van der Waals surface area contributed by atoms with E-state index in [1.54, 1.807) is 31.3 Å². The molecule has 1 N–H and O–H groups in total. The molecule has 0 aliphatic carbocycles. The summed E-state index contributed by atoms with van der Waals surface area (Å²) >= 11 is 3.27. The van der Waals surface area contributed by atoms with Gasteiger partial charge in [-0.1, -0.05) is 22.0 Å². The average molecular weight is 336 g/mol. The van der Waals surface area contributed by atoms with Crippen LogP contribution >= 0.6 is 15.9 Å². The fourth-order valence-electron chi connectivity index (χ4n) is 1.55. The van der Waals surface area contributed by atoms with E-state index in [9.17, 15) is 8.42 Å². The number of nitrogens with zero attached hydrogens (tertiary/aromatic N) is 1. The van der Waals surface area contributed by atoms with Crippen LogP contribution in [0.1, 0.15) is 19.3 Å². The maximum Gasteiger partial charge on any atom is 0.242 e. The molecule has 6 heteroatoms. The van der Waals surface area contributed by atoms with Crippen LogP contribution < -0.4 is 0 Å². The highest BCUT2D eigenvalue weighted by Crippen LogP contribution is 2.19. The van der Waals surface area contributed by atoms with Gasteiger partial charge in [0.2, 0.25) is 10.0 Å². The molecule has 1 aromatic carbocycles. The third kappa shape index (κ3) is 4.35. The lowest BCUT2D eigenvalue weighted by molar-refractivity contribution is 0.281. The molecule has 1 aromatic rings. The van der Waals surface area contributed by atoms with Crippen LogP contribution in [-0.4, -0.2) is 38.0 Å². The van der Waals surface area contributed by atoms with E-state index in [2.05, 4.69) is 15.9 Å². The van der Waals surface area contributed by atoms with Crippen LogP contribution in [0.2, 0.25) is 0 Å². The minimum Gasteiger partial charge on any atom is -0.396 e. The second-order valence-corrected chi connectivity index (χ2v) is 7.03. The van der Waals surface area contributed by atoms with Gasteiger partial charge in [-0.05, 0) is 37.5 Å². The standard InChI is InChI=1S/C12H18BrNO3S/c1-14(8-3-2-4-9-15)18(16,17)12-7-5-6-11(13)10-12/h5-7,10,15H,2-4,8-9H2,1H3. The van der Waals surface area contributed by atoms with Crippen molar-refractivity contribution in [2.75, 3.05) is 20.2 Å². The predicted octanol–water partition coefficient (Wildman–Crippen LogP) is 2.23. The molecular weight excluding hydrogens is 318 g/mol. The first-order valence-electron chi connectivity index (χ1n) is 5.81. The highest BCUT2D eigenvalue weighted by atomic mass is 79.9. The highest BCUT2D eigenvalue weighted by Gasteiger charge is 2.20. The zero-order chi connectivity index (χ0) is 13.6. The number of halogens is 1. The molecule has 0 saturated heterocycles. The monoisotopic (exact) mass is 335 g/mol. The van der Waals surface area contributed by atoms with E-state index in [1.165, 1.54) is 4.31 Å².